The SMILES string of the molecule is C=C(C(=O)OC)C(=O)c1cc(F)c(Cl)cc1Cl. The van der Waals surface area contributed by atoms with Gasteiger partial charge in [0.1, 0.15) is 11.4 Å². The molecule has 0 bridgehead atoms. The Labute approximate surface area is 107 Å². The van der Waals surface area contributed by atoms with Gasteiger partial charge in [0.15, 0.2) is 0 Å². The fourth-order valence-electron chi connectivity index (χ4n) is 1.08. The first-order chi connectivity index (χ1) is 7.88. The van der Waals surface area contributed by atoms with Gasteiger partial charge in [-0.05, 0) is 12.1 Å². The lowest BCUT2D eigenvalue weighted by Crippen LogP contribution is -2.14. The number of carbonyl (C=O) groups is 2. The lowest BCUT2D eigenvalue weighted by Gasteiger charge is -2.06. The van der Waals surface area contributed by atoms with Crippen LogP contribution in [0.1, 0.15) is 10.4 Å². The number of hydrogen-bond donors (Lipinski definition) is 0. The molecule has 1 aromatic carbocycles. The van der Waals surface area contributed by atoms with Gasteiger partial charge in [-0.1, -0.05) is 29.8 Å². The first kappa shape index (κ1) is 13.7. The largest absolute Gasteiger partial charge is 0.465 e. The minimum absolute atomic E-state index is 0.0635. The Morgan fingerprint density at radius 3 is 2.41 bits per heavy atom. The van der Waals surface area contributed by atoms with Crippen molar-refractivity contribution in [2.24, 2.45) is 0 Å². The Morgan fingerprint density at radius 2 is 1.88 bits per heavy atom. The van der Waals surface area contributed by atoms with Crippen LogP contribution >= 0.6 is 23.2 Å². The molecule has 6 heteroatoms. The number of carbonyl (C=O) groups excluding carboxylic acids is 2. The van der Waals surface area contributed by atoms with Crippen molar-refractivity contribution < 1.29 is 18.7 Å². The van der Waals surface area contributed by atoms with Crippen LogP contribution in [0.2, 0.25) is 10.0 Å². The van der Waals surface area contributed by atoms with Gasteiger partial charge in [-0.15, -0.1) is 0 Å². The number of halogens is 3. The van der Waals surface area contributed by atoms with Gasteiger partial charge in [0, 0.05) is 5.56 Å². The topological polar surface area (TPSA) is 43.4 Å². The number of ketones is 1. The van der Waals surface area contributed by atoms with Gasteiger partial charge in [-0.2, -0.15) is 0 Å². The number of rotatable bonds is 3. The van der Waals surface area contributed by atoms with Crippen molar-refractivity contribution >= 4 is 35.0 Å². The molecule has 0 aliphatic heterocycles. The molecule has 0 fully saturated rings. The Bertz CT molecular complexity index is 512. The van der Waals surface area contributed by atoms with Crippen LogP contribution in [0.4, 0.5) is 4.39 Å². The minimum atomic E-state index is -0.901. The lowest BCUT2D eigenvalue weighted by atomic mass is 10.0. The maximum atomic E-state index is 13.2. The van der Waals surface area contributed by atoms with E-state index in [1.807, 2.05) is 0 Å². The van der Waals surface area contributed by atoms with E-state index in [2.05, 4.69) is 11.3 Å². The summed E-state index contributed by atoms with van der Waals surface area (Å²) in [5, 5.41) is -0.276. The Morgan fingerprint density at radius 1 is 1.29 bits per heavy atom. The molecule has 0 N–H and O–H groups in total. The number of hydrogen-bond acceptors (Lipinski definition) is 3. The summed E-state index contributed by atoms with van der Waals surface area (Å²) in [6, 6.07) is 1.93. The van der Waals surface area contributed by atoms with Gasteiger partial charge in [0.05, 0.1) is 17.2 Å². The van der Waals surface area contributed by atoms with Crippen molar-refractivity contribution in [3.05, 3.63) is 45.7 Å². The third kappa shape index (κ3) is 2.84. The zero-order chi connectivity index (χ0) is 13.2. The van der Waals surface area contributed by atoms with Gasteiger partial charge < -0.3 is 4.74 Å². The molecule has 0 atom stereocenters. The molecule has 0 unspecified atom stereocenters. The third-order valence-electron chi connectivity index (χ3n) is 1.96. The van der Waals surface area contributed by atoms with Crippen molar-refractivity contribution in [2.45, 2.75) is 0 Å². The molecule has 0 aromatic heterocycles. The van der Waals surface area contributed by atoms with E-state index in [1.54, 1.807) is 0 Å². The molecule has 3 nitrogen and oxygen atoms in total. The summed E-state index contributed by atoms with van der Waals surface area (Å²) < 4.78 is 17.5. The summed E-state index contributed by atoms with van der Waals surface area (Å²) in [7, 11) is 1.10. The van der Waals surface area contributed by atoms with E-state index in [0.29, 0.717) is 0 Å². The van der Waals surface area contributed by atoms with Gasteiger partial charge in [-0.3, -0.25) is 4.79 Å². The number of ether oxygens (including phenoxy) is 1. The Hall–Kier alpha value is -1.39. The Kier molecular flexibility index (Phi) is 4.26. The van der Waals surface area contributed by atoms with Crippen LogP contribution in [0.25, 0.3) is 0 Å². The molecule has 90 valence electrons. The van der Waals surface area contributed by atoms with Crippen LogP contribution in [0.5, 0.6) is 0 Å². The highest BCUT2D eigenvalue weighted by Gasteiger charge is 2.21. The van der Waals surface area contributed by atoms with E-state index >= 15 is 0 Å². The van der Waals surface area contributed by atoms with E-state index in [0.717, 1.165) is 19.2 Å². The smallest absolute Gasteiger partial charge is 0.341 e. The molecule has 17 heavy (non-hydrogen) atoms. The van der Waals surface area contributed by atoms with Crippen LogP contribution in [0.15, 0.2) is 24.3 Å². The quantitative estimate of drug-likeness (QED) is 0.213. The standard InChI is InChI=1S/C11H7Cl2FO3/c1-5(11(16)17-2)10(15)6-3-9(14)8(13)4-7(6)12/h3-4H,1H2,2H3. The van der Waals surface area contributed by atoms with Crippen molar-refractivity contribution in [3.63, 3.8) is 0 Å². The first-order valence-corrected chi connectivity index (χ1v) is 5.10. The molecular formula is C11H7Cl2FO3. The average Bonchev–Trinajstić information content (AvgIpc) is 2.31. The summed E-state index contributed by atoms with van der Waals surface area (Å²) in [6.07, 6.45) is 0. The lowest BCUT2D eigenvalue weighted by molar-refractivity contribution is -0.135. The van der Waals surface area contributed by atoms with Crippen molar-refractivity contribution in [1.29, 1.82) is 0 Å². The average molecular weight is 277 g/mol. The van der Waals surface area contributed by atoms with E-state index in [-0.39, 0.29) is 15.6 Å². The van der Waals surface area contributed by atoms with Crippen LogP contribution in [-0.4, -0.2) is 18.9 Å². The molecule has 0 aliphatic carbocycles. The maximum absolute atomic E-state index is 13.2. The number of methoxy groups -OCH3 is 1. The van der Waals surface area contributed by atoms with E-state index in [4.69, 9.17) is 23.2 Å². The highest BCUT2D eigenvalue weighted by Crippen LogP contribution is 2.26. The second kappa shape index (κ2) is 5.29. The van der Waals surface area contributed by atoms with Crippen molar-refractivity contribution in [2.75, 3.05) is 7.11 Å². The monoisotopic (exact) mass is 276 g/mol. The molecule has 0 aliphatic rings. The molecule has 1 rings (SSSR count). The minimum Gasteiger partial charge on any atom is -0.465 e. The van der Waals surface area contributed by atoms with E-state index in [9.17, 15) is 14.0 Å². The zero-order valence-electron chi connectivity index (χ0n) is 8.72. The second-order valence-electron chi connectivity index (χ2n) is 3.05. The molecule has 1 aromatic rings. The predicted molar refractivity (Wildman–Crippen MR) is 61.9 cm³/mol. The molecule has 0 spiro atoms. The molecule has 0 heterocycles. The fraction of sp³-hybridized carbons (Fsp3) is 0.0909. The number of benzene rings is 1. The summed E-state index contributed by atoms with van der Waals surface area (Å²) in [5.41, 5.74) is -0.625. The Balaban J connectivity index is 3.18. The molecule has 0 saturated carbocycles. The molecular weight excluding hydrogens is 270 g/mol. The summed E-state index contributed by atoms with van der Waals surface area (Å²) >= 11 is 11.2. The zero-order valence-corrected chi connectivity index (χ0v) is 10.2. The second-order valence-corrected chi connectivity index (χ2v) is 3.86. The van der Waals surface area contributed by atoms with Crippen LogP contribution < -0.4 is 0 Å². The summed E-state index contributed by atoms with van der Waals surface area (Å²) in [5.74, 6) is -2.52. The van der Waals surface area contributed by atoms with Crippen molar-refractivity contribution in [3.8, 4) is 0 Å². The molecule has 0 saturated heterocycles. The van der Waals surface area contributed by atoms with E-state index < -0.39 is 23.1 Å². The van der Waals surface area contributed by atoms with Gasteiger partial charge in [0.2, 0.25) is 5.78 Å². The van der Waals surface area contributed by atoms with Crippen molar-refractivity contribution in [1.82, 2.24) is 0 Å². The summed E-state index contributed by atoms with van der Waals surface area (Å²) in [4.78, 5) is 22.8. The normalized spacial score (nSPS) is 9.88. The predicted octanol–water partition coefficient (Wildman–Crippen LogP) is 3.04. The highest BCUT2D eigenvalue weighted by molar-refractivity contribution is 6.38. The van der Waals surface area contributed by atoms with Crippen LogP contribution in [-0.2, 0) is 9.53 Å². The van der Waals surface area contributed by atoms with Gasteiger partial charge in [0.25, 0.3) is 0 Å². The first-order valence-electron chi connectivity index (χ1n) is 4.35. The molecule has 0 radical (unpaired) electrons. The maximum Gasteiger partial charge on any atom is 0.341 e. The van der Waals surface area contributed by atoms with E-state index in [1.165, 1.54) is 0 Å². The third-order valence-corrected chi connectivity index (χ3v) is 2.56. The van der Waals surface area contributed by atoms with Crippen LogP contribution in [0.3, 0.4) is 0 Å². The number of esters is 1. The number of Topliss-reactive ketones (excluding diaryl/α,β-unsaturated/α-hetero) is 1. The molecule has 0 amide bonds. The highest BCUT2D eigenvalue weighted by atomic mass is 35.5. The summed E-state index contributed by atoms with van der Waals surface area (Å²) in [6.45, 7) is 3.26. The van der Waals surface area contributed by atoms with Crippen LogP contribution in [0, 0.1) is 5.82 Å². The van der Waals surface area contributed by atoms with Gasteiger partial charge in [-0.25, -0.2) is 9.18 Å². The van der Waals surface area contributed by atoms with Gasteiger partial charge >= 0.3 is 5.97 Å². The fourth-order valence-corrected chi connectivity index (χ4v) is 1.54.